The highest BCUT2D eigenvalue weighted by Crippen LogP contribution is 2.34. The van der Waals surface area contributed by atoms with Crippen molar-refractivity contribution in [3.05, 3.63) is 0 Å². The van der Waals surface area contributed by atoms with Crippen molar-refractivity contribution in [3.63, 3.8) is 0 Å². The number of aliphatic hydroxyl groups is 2. The molecule has 2 rings (SSSR count). The number of ether oxygens (including phenoxy) is 1. The number of carbonyl (C=O) groups excluding carboxylic acids is 1. The van der Waals surface area contributed by atoms with Crippen LogP contribution in [0.3, 0.4) is 0 Å². The molecule has 6 nitrogen and oxygen atoms in total. The molecule has 0 saturated carbocycles. The summed E-state index contributed by atoms with van der Waals surface area (Å²) < 4.78 is 42.6. The quantitative estimate of drug-likeness (QED) is 0.550. The van der Waals surface area contributed by atoms with Gasteiger partial charge in [0.15, 0.2) is 0 Å². The van der Waals surface area contributed by atoms with E-state index in [1.165, 1.54) is 0 Å². The first-order chi connectivity index (χ1) is 8.77. The van der Waals surface area contributed by atoms with Crippen molar-refractivity contribution < 1.29 is 32.9 Å². The number of aliphatic hydroxyl groups excluding tert-OH is 2. The lowest BCUT2D eigenvalue weighted by atomic mass is 9.93. The smallest absolute Gasteiger partial charge is 0.388 e. The van der Waals surface area contributed by atoms with Crippen molar-refractivity contribution in [2.24, 2.45) is 5.73 Å². The van der Waals surface area contributed by atoms with Gasteiger partial charge in [-0.2, -0.15) is 13.2 Å². The van der Waals surface area contributed by atoms with Crippen LogP contribution >= 0.6 is 0 Å². The largest absolute Gasteiger partial charge is 0.471 e. The Morgan fingerprint density at radius 2 is 2.00 bits per heavy atom. The van der Waals surface area contributed by atoms with Crippen LogP contribution in [0.4, 0.5) is 13.2 Å². The number of nitrogens with zero attached hydrogens (tertiary/aromatic N) is 1. The fourth-order valence-corrected chi connectivity index (χ4v) is 2.66. The van der Waals surface area contributed by atoms with Gasteiger partial charge in [-0.1, -0.05) is 0 Å². The molecule has 1 amide bonds. The first-order valence-electron chi connectivity index (χ1n) is 5.86. The molecule has 2 aliphatic heterocycles. The molecule has 0 aromatic rings. The molecule has 0 radical (unpaired) electrons. The average molecular weight is 284 g/mol. The Hall–Kier alpha value is -0.900. The van der Waals surface area contributed by atoms with Crippen LogP contribution < -0.4 is 5.73 Å². The van der Waals surface area contributed by atoms with E-state index in [0.29, 0.717) is 4.90 Å². The molecule has 2 saturated heterocycles. The van der Waals surface area contributed by atoms with Crippen LogP contribution in [0.25, 0.3) is 0 Å². The highest BCUT2D eigenvalue weighted by molar-refractivity contribution is 5.82. The van der Waals surface area contributed by atoms with Gasteiger partial charge >= 0.3 is 12.1 Å². The van der Waals surface area contributed by atoms with Crippen LogP contribution in [0, 0.1) is 0 Å². The highest BCUT2D eigenvalue weighted by Gasteiger charge is 2.55. The maximum absolute atomic E-state index is 12.4. The Kier molecular flexibility index (Phi) is 3.74. The number of likely N-dealkylation sites (tertiary alicyclic amines) is 1. The summed E-state index contributed by atoms with van der Waals surface area (Å²) >= 11 is 0. The SMILES string of the molecule is NC[C@H]1OC2CCN(C(=O)C(F)(F)F)[C@@H]2[C@@H](O)[C@H]1O. The number of rotatable bonds is 1. The van der Waals surface area contributed by atoms with E-state index < -0.39 is 42.5 Å². The Balaban J connectivity index is 2.19. The van der Waals surface area contributed by atoms with Crippen LogP contribution in [-0.2, 0) is 9.53 Å². The zero-order chi connectivity index (χ0) is 14.4. The second kappa shape index (κ2) is 4.89. The first-order valence-corrected chi connectivity index (χ1v) is 5.86. The minimum atomic E-state index is -5.01. The van der Waals surface area contributed by atoms with E-state index in [9.17, 15) is 28.2 Å². The van der Waals surface area contributed by atoms with Crippen molar-refractivity contribution in [1.82, 2.24) is 4.90 Å². The molecular formula is C10H15F3N2O4. The third-order valence-electron chi connectivity index (χ3n) is 3.56. The van der Waals surface area contributed by atoms with Crippen molar-refractivity contribution in [3.8, 4) is 0 Å². The molecule has 5 atom stereocenters. The molecule has 2 aliphatic rings. The van der Waals surface area contributed by atoms with Crippen LogP contribution in [0.2, 0.25) is 0 Å². The lowest BCUT2D eigenvalue weighted by Gasteiger charge is -2.42. The molecule has 19 heavy (non-hydrogen) atoms. The molecule has 2 fully saturated rings. The van der Waals surface area contributed by atoms with E-state index in [4.69, 9.17) is 10.5 Å². The molecule has 0 aliphatic carbocycles. The zero-order valence-electron chi connectivity index (χ0n) is 9.88. The predicted octanol–water partition coefficient (Wildman–Crippen LogP) is -1.40. The molecule has 1 unspecified atom stereocenters. The minimum absolute atomic E-state index is 0.0608. The van der Waals surface area contributed by atoms with Gasteiger partial charge in [-0.05, 0) is 6.42 Å². The molecule has 0 aromatic heterocycles. The summed E-state index contributed by atoms with van der Waals surface area (Å²) in [7, 11) is 0. The van der Waals surface area contributed by atoms with E-state index >= 15 is 0 Å². The first kappa shape index (κ1) is 14.5. The number of fused-ring (bicyclic) bond motifs is 1. The van der Waals surface area contributed by atoms with Crippen molar-refractivity contribution >= 4 is 5.91 Å². The Morgan fingerprint density at radius 1 is 1.37 bits per heavy atom. The van der Waals surface area contributed by atoms with Gasteiger partial charge in [0.25, 0.3) is 0 Å². The maximum Gasteiger partial charge on any atom is 0.471 e. The summed E-state index contributed by atoms with van der Waals surface area (Å²) in [5, 5.41) is 19.6. The van der Waals surface area contributed by atoms with E-state index in [0.717, 1.165) is 0 Å². The third-order valence-corrected chi connectivity index (χ3v) is 3.56. The van der Waals surface area contributed by atoms with Gasteiger partial charge in [0.2, 0.25) is 0 Å². The van der Waals surface area contributed by atoms with E-state index in [2.05, 4.69) is 0 Å². The van der Waals surface area contributed by atoms with Gasteiger partial charge in [0.05, 0.1) is 18.2 Å². The van der Waals surface area contributed by atoms with Crippen molar-refractivity contribution in [2.75, 3.05) is 13.1 Å². The summed E-state index contributed by atoms with van der Waals surface area (Å²) in [6.07, 6.45) is -9.32. The highest BCUT2D eigenvalue weighted by atomic mass is 19.4. The lowest BCUT2D eigenvalue weighted by molar-refractivity contribution is -0.207. The fourth-order valence-electron chi connectivity index (χ4n) is 2.66. The van der Waals surface area contributed by atoms with Crippen LogP contribution in [0.15, 0.2) is 0 Å². The second-order valence-corrected chi connectivity index (χ2v) is 4.71. The van der Waals surface area contributed by atoms with E-state index in [1.54, 1.807) is 0 Å². The third kappa shape index (κ3) is 2.42. The summed E-state index contributed by atoms with van der Waals surface area (Å²) in [4.78, 5) is 11.8. The molecule has 4 N–H and O–H groups in total. The number of carbonyl (C=O) groups is 1. The fraction of sp³-hybridized carbons (Fsp3) is 0.900. The predicted molar refractivity (Wildman–Crippen MR) is 55.9 cm³/mol. The van der Waals surface area contributed by atoms with E-state index in [-0.39, 0.29) is 19.5 Å². The Labute approximate surface area is 106 Å². The van der Waals surface area contributed by atoms with Crippen LogP contribution in [0.5, 0.6) is 0 Å². The average Bonchev–Trinajstić information content (AvgIpc) is 2.75. The number of amides is 1. The Morgan fingerprint density at radius 3 is 2.53 bits per heavy atom. The molecule has 110 valence electrons. The van der Waals surface area contributed by atoms with Gasteiger partial charge in [-0.15, -0.1) is 0 Å². The molecule has 0 spiro atoms. The summed E-state index contributed by atoms with van der Waals surface area (Å²) in [6.45, 7) is -0.233. The standard InChI is InChI=1S/C10H15F3N2O4/c11-10(12,13)9(18)15-2-1-4-6(15)8(17)7(16)5(3-14)19-4/h4-8,16-17H,1-3,14H2/t4?,5-,6+,7+,8-/m1/s1. The van der Waals surface area contributed by atoms with Gasteiger partial charge < -0.3 is 25.6 Å². The monoisotopic (exact) mass is 284 g/mol. The maximum atomic E-state index is 12.4. The normalized spacial score (nSPS) is 39.3. The van der Waals surface area contributed by atoms with Gasteiger partial charge in [0.1, 0.15) is 12.2 Å². The number of halogens is 3. The zero-order valence-corrected chi connectivity index (χ0v) is 9.88. The molecule has 0 bridgehead atoms. The summed E-state index contributed by atoms with van der Waals surface area (Å²) in [5.74, 6) is -2.03. The lowest BCUT2D eigenvalue weighted by Crippen LogP contribution is -2.63. The number of hydrogen-bond donors (Lipinski definition) is 3. The van der Waals surface area contributed by atoms with Crippen molar-refractivity contribution in [1.29, 1.82) is 0 Å². The second-order valence-electron chi connectivity index (χ2n) is 4.71. The molecular weight excluding hydrogens is 269 g/mol. The number of hydrogen-bond acceptors (Lipinski definition) is 5. The molecule has 9 heteroatoms. The van der Waals surface area contributed by atoms with Gasteiger partial charge in [0, 0.05) is 13.1 Å². The van der Waals surface area contributed by atoms with Crippen molar-refractivity contribution in [2.45, 2.75) is 43.1 Å². The molecule has 2 heterocycles. The summed E-state index contributed by atoms with van der Waals surface area (Å²) in [5.41, 5.74) is 5.35. The summed E-state index contributed by atoms with van der Waals surface area (Å²) in [6, 6.07) is -1.19. The van der Waals surface area contributed by atoms with Crippen LogP contribution in [0.1, 0.15) is 6.42 Å². The molecule has 0 aromatic carbocycles. The van der Waals surface area contributed by atoms with Gasteiger partial charge in [-0.25, -0.2) is 0 Å². The number of alkyl halides is 3. The number of nitrogens with two attached hydrogens (primary N) is 1. The van der Waals surface area contributed by atoms with Crippen LogP contribution in [-0.4, -0.2) is 70.7 Å². The van der Waals surface area contributed by atoms with Gasteiger partial charge in [-0.3, -0.25) is 4.79 Å². The topological polar surface area (TPSA) is 96.0 Å². The van der Waals surface area contributed by atoms with E-state index in [1.807, 2.05) is 0 Å². The minimum Gasteiger partial charge on any atom is -0.388 e. The Bertz CT molecular complexity index is 365.